The van der Waals surface area contributed by atoms with Crippen molar-refractivity contribution in [2.75, 3.05) is 18.8 Å². The molecule has 0 fully saturated rings. The molecule has 1 unspecified atom stereocenters. The van der Waals surface area contributed by atoms with Crippen LogP contribution in [0.2, 0.25) is 0 Å². The lowest BCUT2D eigenvalue weighted by Gasteiger charge is -2.24. The first-order valence-corrected chi connectivity index (χ1v) is 8.96. The largest absolute Gasteiger partial charge is 0.317 e. The van der Waals surface area contributed by atoms with E-state index >= 15 is 0 Å². The summed E-state index contributed by atoms with van der Waals surface area (Å²) in [5.74, 6) is 4.65. The smallest absolute Gasteiger partial charge is 0.138 e. The molecule has 0 amide bonds. The van der Waals surface area contributed by atoms with Crippen LogP contribution in [0, 0.1) is 11.8 Å². The first-order chi connectivity index (χ1) is 9.69. The number of aromatic nitrogens is 2. The third kappa shape index (κ3) is 4.74. The highest BCUT2D eigenvalue weighted by atomic mass is 32.2. The van der Waals surface area contributed by atoms with E-state index in [0.29, 0.717) is 0 Å². The molecule has 2 rings (SSSR count). The highest BCUT2D eigenvalue weighted by Crippen LogP contribution is 2.24. The lowest BCUT2D eigenvalue weighted by Crippen LogP contribution is -2.27. The van der Waals surface area contributed by atoms with Crippen molar-refractivity contribution >= 4 is 11.8 Å². The Morgan fingerprint density at radius 2 is 2.30 bits per heavy atom. The van der Waals surface area contributed by atoms with E-state index < -0.39 is 0 Å². The normalized spacial score (nSPS) is 18.3. The summed E-state index contributed by atoms with van der Waals surface area (Å²) in [6, 6.07) is 0. The van der Waals surface area contributed by atoms with Crippen LogP contribution in [-0.4, -0.2) is 28.8 Å². The topological polar surface area (TPSA) is 37.8 Å². The summed E-state index contributed by atoms with van der Waals surface area (Å²) in [6.45, 7) is 8.87. The molecular formula is C16H27N3S. The second kappa shape index (κ2) is 7.99. The van der Waals surface area contributed by atoms with Crippen molar-refractivity contribution in [2.45, 2.75) is 45.8 Å². The summed E-state index contributed by atoms with van der Waals surface area (Å²) in [5, 5.41) is 3.45. The van der Waals surface area contributed by atoms with Gasteiger partial charge in [0.25, 0.3) is 0 Å². The monoisotopic (exact) mass is 293 g/mol. The predicted molar refractivity (Wildman–Crippen MR) is 87.1 cm³/mol. The van der Waals surface area contributed by atoms with Gasteiger partial charge in [-0.3, -0.25) is 0 Å². The van der Waals surface area contributed by atoms with Crippen LogP contribution in [0.5, 0.6) is 0 Å². The Bertz CT molecular complexity index is 420. The fraction of sp³-hybridized carbons (Fsp3) is 0.750. The van der Waals surface area contributed by atoms with Gasteiger partial charge in [0.05, 0.1) is 5.75 Å². The van der Waals surface area contributed by atoms with Gasteiger partial charge in [-0.2, -0.15) is 11.8 Å². The Morgan fingerprint density at radius 3 is 3.05 bits per heavy atom. The summed E-state index contributed by atoms with van der Waals surface area (Å²) in [7, 11) is 0. The van der Waals surface area contributed by atoms with Crippen molar-refractivity contribution in [1.82, 2.24) is 15.3 Å². The van der Waals surface area contributed by atoms with Gasteiger partial charge in [0.2, 0.25) is 0 Å². The quantitative estimate of drug-likeness (QED) is 0.838. The van der Waals surface area contributed by atoms with Gasteiger partial charge in [0.1, 0.15) is 5.82 Å². The van der Waals surface area contributed by atoms with Gasteiger partial charge in [-0.1, -0.05) is 20.8 Å². The summed E-state index contributed by atoms with van der Waals surface area (Å²) in [6.07, 6.45) is 5.60. The van der Waals surface area contributed by atoms with Crippen LogP contribution >= 0.6 is 11.8 Å². The van der Waals surface area contributed by atoms with Gasteiger partial charge >= 0.3 is 0 Å². The maximum Gasteiger partial charge on any atom is 0.138 e. The highest BCUT2D eigenvalue weighted by molar-refractivity contribution is 7.98. The van der Waals surface area contributed by atoms with Gasteiger partial charge in [-0.15, -0.1) is 0 Å². The van der Waals surface area contributed by atoms with Crippen LogP contribution < -0.4 is 5.32 Å². The Balaban J connectivity index is 1.89. The molecule has 112 valence electrons. The molecule has 1 aliphatic carbocycles. The van der Waals surface area contributed by atoms with Crippen molar-refractivity contribution in [3.05, 3.63) is 23.3 Å². The maximum absolute atomic E-state index is 4.77. The van der Waals surface area contributed by atoms with E-state index in [1.807, 2.05) is 11.8 Å². The second-order valence-electron chi connectivity index (χ2n) is 6.08. The van der Waals surface area contributed by atoms with Gasteiger partial charge in [0, 0.05) is 11.9 Å². The summed E-state index contributed by atoms with van der Waals surface area (Å²) >= 11 is 1.94. The van der Waals surface area contributed by atoms with E-state index in [4.69, 9.17) is 4.98 Å². The van der Waals surface area contributed by atoms with Gasteiger partial charge in [0.15, 0.2) is 0 Å². The van der Waals surface area contributed by atoms with E-state index in [1.54, 1.807) is 0 Å². The molecule has 1 heterocycles. The molecule has 0 saturated heterocycles. The number of fused-ring (bicyclic) bond motifs is 1. The number of nitrogens with zero attached hydrogens (tertiary/aromatic N) is 2. The van der Waals surface area contributed by atoms with Crippen LogP contribution in [0.25, 0.3) is 0 Å². The second-order valence-corrected chi connectivity index (χ2v) is 7.11. The molecule has 1 aliphatic rings. The number of hydrogen-bond donors (Lipinski definition) is 1. The fourth-order valence-corrected chi connectivity index (χ4v) is 3.51. The molecule has 0 spiro atoms. The molecule has 0 saturated carbocycles. The van der Waals surface area contributed by atoms with Gasteiger partial charge in [-0.05, 0) is 55.5 Å². The molecule has 1 atom stereocenters. The third-order valence-corrected chi connectivity index (χ3v) is 5.03. The first-order valence-electron chi connectivity index (χ1n) is 7.81. The summed E-state index contributed by atoms with van der Waals surface area (Å²) in [4.78, 5) is 9.32. The molecule has 0 aromatic carbocycles. The lowest BCUT2D eigenvalue weighted by molar-refractivity contribution is 0.424. The third-order valence-electron chi connectivity index (χ3n) is 3.67. The molecule has 1 aromatic heterocycles. The van der Waals surface area contributed by atoms with Crippen LogP contribution in [0.3, 0.4) is 0 Å². The van der Waals surface area contributed by atoms with E-state index in [2.05, 4.69) is 37.3 Å². The van der Waals surface area contributed by atoms with E-state index in [-0.39, 0.29) is 0 Å². The minimum atomic E-state index is 0.740. The van der Waals surface area contributed by atoms with Crippen LogP contribution in [0.4, 0.5) is 0 Å². The fourth-order valence-electron chi connectivity index (χ4n) is 2.60. The molecule has 0 radical (unpaired) electrons. The number of hydrogen-bond acceptors (Lipinski definition) is 4. The molecule has 0 aliphatic heterocycles. The number of thioether (sulfide) groups is 1. The SMILES string of the molecule is CCNCC1CCc2nc(CSCC(C)C)ncc2C1. The van der Waals surface area contributed by atoms with Gasteiger partial charge in [-0.25, -0.2) is 9.97 Å². The van der Waals surface area contributed by atoms with Crippen molar-refractivity contribution in [1.29, 1.82) is 0 Å². The molecule has 1 aromatic rings. The Hall–Kier alpha value is -0.610. The van der Waals surface area contributed by atoms with Crippen molar-refractivity contribution in [2.24, 2.45) is 11.8 Å². The summed E-state index contributed by atoms with van der Waals surface area (Å²) < 4.78 is 0. The molecule has 0 bridgehead atoms. The lowest BCUT2D eigenvalue weighted by atomic mass is 9.87. The van der Waals surface area contributed by atoms with E-state index in [1.165, 1.54) is 23.4 Å². The van der Waals surface area contributed by atoms with Crippen molar-refractivity contribution < 1.29 is 0 Å². The zero-order valence-corrected chi connectivity index (χ0v) is 13.8. The van der Waals surface area contributed by atoms with Crippen molar-refractivity contribution in [3.63, 3.8) is 0 Å². The number of aryl methyl sites for hydroxylation is 1. The molecular weight excluding hydrogens is 266 g/mol. The number of nitrogens with one attached hydrogen (secondary N) is 1. The maximum atomic E-state index is 4.77. The van der Waals surface area contributed by atoms with E-state index in [0.717, 1.165) is 49.3 Å². The molecule has 4 heteroatoms. The van der Waals surface area contributed by atoms with Crippen LogP contribution in [0.15, 0.2) is 6.20 Å². The molecule has 20 heavy (non-hydrogen) atoms. The van der Waals surface area contributed by atoms with Crippen LogP contribution in [-0.2, 0) is 18.6 Å². The standard InChI is InChI=1S/C16H27N3S/c1-4-17-8-13-5-6-15-14(7-13)9-18-16(19-15)11-20-10-12(2)3/h9,12-13,17H,4-8,10-11H2,1-3H3. The zero-order valence-electron chi connectivity index (χ0n) is 13.0. The average Bonchev–Trinajstić information content (AvgIpc) is 2.44. The molecule has 3 nitrogen and oxygen atoms in total. The Kier molecular flexibility index (Phi) is 6.30. The van der Waals surface area contributed by atoms with Crippen molar-refractivity contribution in [3.8, 4) is 0 Å². The Morgan fingerprint density at radius 1 is 1.45 bits per heavy atom. The predicted octanol–water partition coefficient (Wildman–Crippen LogP) is 3.08. The average molecular weight is 293 g/mol. The first kappa shape index (κ1) is 15.8. The minimum Gasteiger partial charge on any atom is -0.317 e. The Labute approximate surface area is 127 Å². The van der Waals surface area contributed by atoms with Crippen LogP contribution in [0.1, 0.15) is 44.3 Å². The number of rotatable bonds is 7. The zero-order chi connectivity index (χ0) is 14.4. The molecule has 1 N–H and O–H groups in total. The highest BCUT2D eigenvalue weighted by Gasteiger charge is 2.20. The minimum absolute atomic E-state index is 0.740. The van der Waals surface area contributed by atoms with Gasteiger partial charge < -0.3 is 5.32 Å². The van der Waals surface area contributed by atoms with E-state index in [9.17, 15) is 0 Å². The summed E-state index contributed by atoms with van der Waals surface area (Å²) in [5.41, 5.74) is 2.67.